The fourth-order valence-electron chi connectivity index (χ4n) is 3.18. The molecule has 2 aromatic carbocycles. The van der Waals surface area contributed by atoms with Crippen molar-refractivity contribution in [3.63, 3.8) is 0 Å². The number of methoxy groups -OCH3 is 1. The molecule has 0 bridgehead atoms. The number of ether oxygens (including phenoxy) is 1. The Bertz CT molecular complexity index is 876. The topological polar surface area (TPSA) is 66.8 Å². The van der Waals surface area contributed by atoms with Gasteiger partial charge in [-0.05, 0) is 34.9 Å². The molecule has 0 aliphatic carbocycles. The Morgan fingerprint density at radius 3 is 2.52 bits per heavy atom. The van der Waals surface area contributed by atoms with E-state index in [9.17, 15) is 22.8 Å². The van der Waals surface area contributed by atoms with E-state index in [0.29, 0.717) is 12.0 Å². The number of carbonyl (C=O) groups excluding carboxylic acids is 1. The van der Waals surface area contributed by atoms with Crippen molar-refractivity contribution in [2.75, 3.05) is 20.2 Å². The molecule has 1 amide bonds. The van der Waals surface area contributed by atoms with Crippen LogP contribution in [0.25, 0.3) is 10.8 Å². The quantitative estimate of drug-likeness (QED) is 0.921. The maximum Gasteiger partial charge on any atom is 0.420 e. The van der Waals surface area contributed by atoms with Crippen molar-refractivity contribution in [2.45, 2.75) is 12.6 Å². The zero-order chi connectivity index (χ0) is 18.4. The molecule has 0 atom stereocenters. The molecular weight excluding hydrogens is 339 g/mol. The fraction of sp³-hybridized carbons (Fsp3) is 0.294. The number of carbonyl (C=O) groups is 2. The molecule has 0 unspecified atom stereocenters. The number of carboxylic acid groups (broad SMARTS) is 1. The first kappa shape index (κ1) is 17.1. The third-order valence-electron chi connectivity index (χ3n) is 4.23. The minimum Gasteiger partial charge on any atom is -0.496 e. The maximum atomic E-state index is 13.5. The van der Waals surface area contributed by atoms with Crippen LogP contribution in [0.3, 0.4) is 0 Å². The number of benzene rings is 2. The lowest BCUT2D eigenvalue weighted by atomic mass is 9.90. The van der Waals surface area contributed by atoms with E-state index in [0.717, 1.165) is 12.0 Å². The van der Waals surface area contributed by atoms with Crippen LogP contribution in [0.5, 0.6) is 5.75 Å². The summed E-state index contributed by atoms with van der Waals surface area (Å²) in [5.74, 6) is -2.08. The molecule has 0 radical (unpaired) electrons. The van der Waals surface area contributed by atoms with E-state index in [4.69, 9.17) is 9.84 Å². The summed E-state index contributed by atoms with van der Waals surface area (Å²) in [7, 11) is 1.15. The number of carboxylic acids is 1. The molecular formula is C17H14F3NO4. The molecule has 1 aliphatic rings. The van der Waals surface area contributed by atoms with Crippen LogP contribution in [0.15, 0.2) is 24.3 Å². The highest BCUT2D eigenvalue weighted by atomic mass is 19.4. The Hall–Kier alpha value is -2.77. The molecule has 5 nitrogen and oxygen atoms in total. The summed E-state index contributed by atoms with van der Waals surface area (Å²) in [6.45, 7) is -0.275. The zero-order valence-corrected chi connectivity index (χ0v) is 13.2. The van der Waals surface area contributed by atoms with Gasteiger partial charge < -0.3 is 14.7 Å². The van der Waals surface area contributed by atoms with Crippen LogP contribution < -0.4 is 4.74 Å². The normalized spacial score (nSPS) is 14.6. The lowest BCUT2D eigenvalue weighted by Gasteiger charge is -2.28. The highest BCUT2D eigenvalue weighted by Crippen LogP contribution is 2.42. The first-order valence-electron chi connectivity index (χ1n) is 7.45. The summed E-state index contributed by atoms with van der Waals surface area (Å²) < 4.78 is 45.3. The zero-order valence-electron chi connectivity index (χ0n) is 13.2. The second kappa shape index (κ2) is 5.94. The van der Waals surface area contributed by atoms with Crippen LogP contribution in [0, 0.1) is 0 Å². The lowest BCUT2D eigenvalue weighted by molar-refractivity contribution is -0.138. The fourth-order valence-corrected chi connectivity index (χ4v) is 3.18. The van der Waals surface area contributed by atoms with Crippen LogP contribution in [0.4, 0.5) is 13.2 Å². The molecule has 0 saturated heterocycles. The molecule has 0 aromatic heterocycles. The highest BCUT2D eigenvalue weighted by Gasteiger charge is 2.38. The van der Waals surface area contributed by atoms with Crippen molar-refractivity contribution >= 4 is 22.6 Å². The number of amides is 1. The third-order valence-corrected chi connectivity index (χ3v) is 4.23. The molecule has 8 heteroatoms. The van der Waals surface area contributed by atoms with Crippen molar-refractivity contribution in [3.8, 4) is 5.75 Å². The van der Waals surface area contributed by atoms with Crippen LogP contribution in [-0.2, 0) is 17.4 Å². The average molecular weight is 353 g/mol. The first-order valence-corrected chi connectivity index (χ1v) is 7.45. The van der Waals surface area contributed by atoms with Crippen molar-refractivity contribution < 1.29 is 32.6 Å². The summed E-state index contributed by atoms with van der Waals surface area (Å²) in [5, 5.41) is 8.91. The lowest BCUT2D eigenvalue weighted by Crippen LogP contribution is -2.41. The van der Waals surface area contributed by atoms with Gasteiger partial charge in [-0.2, -0.15) is 13.2 Å². The van der Waals surface area contributed by atoms with Crippen LogP contribution >= 0.6 is 0 Å². The third kappa shape index (κ3) is 2.88. The monoisotopic (exact) mass is 353 g/mol. The molecule has 0 fully saturated rings. The van der Waals surface area contributed by atoms with Gasteiger partial charge in [0, 0.05) is 6.54 Å². The number of halogens is 3. The van der Waals surface area contributed by atoms with Gasteiger partial charge in [0.2, 0.25) is 0 Å². The van der Waals surface area contributed by atoms with E-state index < -0.39 is 30.2 Å². The van der Waals surface area contributed by atoms with Gasteiger partial charge in [0.1, 0.15) is 17.9 Å². The van der Waals surface area contributed by atoms with Gasteiger partial charge in [-0.15, -0.1) is 0 Å². The minimum atomic E-state index is -4.66. The van der Waals surface area contributed by atoms with Gasteiger partial charge in [-0.25, -0.2) is 0 Å². The molecule has 1 N–H and O–H groups in total. The largest absolute Gasteiger partial charge is 0.496 e. The van der Waals surface area contributed by atoms with Gasteiger partial charge in [-0.1, -0.05) is 12.1 Å². The number of nitrogens with zero attached hydrogens (tertiary/aromatic N) is 1. The van der Waals surface area contributed by atoms with Gasteiger partial charge in [0.15, 0.2) is 0 Å². The number of rotatable bonds is 3. The van der Waals surface area contributed by atoms with E-state index in [1.807, 2.05) is 0 Å². The van der Waals surface area contributed by atoms with Gasteiger partial charge in [0.25, 0.3) is 5.91 Å². The van der Waals surface area contributed by atoms with Crippen molar-refractivity contribution in [1.82, 2.24) is 4.90 Å². The number of alkyl halides is 3. The van der Waals surface area contributed by atoms with Crippen molar-refractivity contribution in [1.29, 1.82) is 0 Å². The van der Waals surface area contributed by atoms with Crippen molar-refractivity contribution in [2.24, 2.45) is 0 Å². The Morgan fingerprint density at radius 2 is 1.92 bits per heavy atom. The SMILES string of the molecule is COc1ccc2c3c(ccc2c1C(F)(F)F)CCN(CC(=O)O)C3=O. The molecule has 0 saturated carbocycles. The summed E-state index contributed by atoms with van der Waals surface area (Å²) in [6, 6.07) is 5.40. The Labute approximate surface area is 140 Å². The van der Waals surface area contributed by atoms with E-state index in [1.165, 1.54) is 24.3 Å². The van der Waals surface area contributed by atoms with E-state index in [-0.39, 0.29) is 28.6 Å². The smallest absolute Gasteiger partial charge is 0.420 e. The molecule has 2 aromatic rings. The summed E-state index contributed by atoms with van der Waals surface area (Å²) in [5.41, 5.74) is -0.214. The van der Waals surface area contributed by atoms with Crippen LogP contribution in [0.2, 0.25) is 0 Å². The van der Waals surface area contributed by atoms with Crippen molar-refractivity contribution in [3.05, 3.63) is 41.0 Å². The molecule has 1 aliphatic heterocycles. The summed E-state index contributed by atoms with van der Waals surface area (Å²) >= 11 is 0. The van der Waals surface area contributed by atoms with E-state index in [2.05, 4.69) is 0 Å². The number of aliphatic carboxylic acids is 1. The van der Waals surface area contributed by atoms with Gasteiger partial charge in [-0.3, -0.25) is 9.59 Å². The molecule has 132 valence electrons. The Balaban J connectivity index is 2.26. The Kier molecular flexibility index (Phi) is 4.06. The first-order chi connectivity index (χ1) is 11.7. The highest BCUT2D eigenvalue weighted by molar-refractivity contribution is 6.10. The predicted molar refractivity (Wildman–Crippen MR) is 82.7 cm³/mol. The molecule has 1 heterocycles. The van der Waals surface area contributed by atoms with Crippen LogP contribution in [-0.4, -0.2) is 42.1 Å². The van der Waals surface area contributed by atoms with E-state index >= 15 is 0 Å². The van der Waals surface area contributed by atoms with Crippen LogP contribution in [0.1, 0.15) is 21.5 Å². The summed E-state index contributed by atoms with van der Waals surface area (Å²) in [4.78, 5) is 24.7. The van der Waals surface area contributed by atoms with Gasteiger partial charge in [0.05, 0.1) is 12.7 Å². The standard InChI is InChI=1S/C17H14F3NO4/c1-25-12-5-4-10-11(15(12)17(18,19)20)3-2-9-6-7-21(8-13(22)23)16(24)14(9)10/h2-5H,6-8H2,1H3,(H,22,23). The second-order valence-corrected chi connectivity index (χ2v) is 5.71. The molecule has 25 heavy (non-hydrogen) atoms. The number of hydrogen-bond acceptors (Lipinski definition) is 3. The number of hydrogen-bond donors (Lipinski definition) is 1. The average Bonchev–Trinajstić information content (AvgIpc) is 2.54. The summed E-state index contributed by atoms with van der Waals surface area (Å²) in [6.07, 6.45) is -4.27. The van der Waals surface area contributed by atoms with E-state index in [1.54, 1.807) is 0 Å². The number of fused-ring (bicyclic) bond motifs is 3. The molecule has 0 spiro atoms. The minimum absolute atomic E-state index is 0.123. The predicted octanol–water partition coefficient (Wildman–Crippen LogP) is 2.95. The molecule has 3 rings (SSSR count). The maximum absolute atomic E-state index is 13.5. The Morgan fingerprint density at radius 1 is 1.24 bits per heavy atom. The van der Waals surface area contributed by atoms with Gasteiger partial charge >= 0.3 is 12.1 Å². The second-order valence-electron chi connectivity index (χ2n) is 5.71.